The molecule has 0 aliphatic rings. The normalized spacial score (nSPS) is 9.74. The maximum absolute atomic E-state index is 10.8. The standard InChI is InChI=1S/C15H12O4/c1-11(17)19-15-8-4-13(5-9-15)12-2-6-14(7-3-12)18-10-16/h2-10H,1H3. The maximum atomic E-state index is 10.8. The van der Waals surface area contributed by atoms with E-state index in [0.29, 0.717) is 18.0 Å². The van der Waals surface area contributed by atoms with E-state index in [0.717, 1.165) is 11.1 Å². The Hall–Kier alpha value is -2.62. The van der Waals surface area contributed by atoms with Crippen LogP contribution in [0, 0.1) is 0 Å². The molecule has 0 saturated carbocycles. The molecule has 0 aliphatic carbocycles. The van der Waals surface area contributed by atoms with Crippen LogP contribution < -0.4 is 9.47 Å². The summed E-state index contributed by atoms with van der Waals surface area (Å²) in [6, 6.07) is 14.3. The van der Waals surface area contributed by atoms with Crippen LogP contribution in [0.2, 0.25) is 0 Å². The van der Waals surface area contributed by atoms with E-state index in [1.807, 2.05) is 24.3 Å². The van der Waals surface area contributed by atoms with Gasteiger partial charge in [-0.3, -0.25) is 9.59 Å². The molecule has 4 heteroatoms. The van der Waals surface area contributed by atoms with Crippen molar-refractivity contribution in [2.24, 2.45) is 0 Å². The van der Waals surface area contributed by atoms with Gasteiger partial charge in [-0.25, -0.2) is 0 Å². The topological polar surface area (TPSA) is 52.6 Å². The van der Waals surface area contributed by atoms with Gasteiger partial charge in [0.2, 0.25) is 0 Å². The smallest absolute Gasteiger partial charge is 0.308 e. The molecule has 0 unspecified atom stereocenters. The summed E-state index contributed by atoms with van der Waals surface area (Å²) in [5.41, 5.74) is 1.96. The molecule has 96 valence electrons. The summed E-state index contributed by atoms with van der Waals surface area (Å²) in [5, 5.41) is 0. The minimum absolute atomic E-state index is 0.344. The monoisotopic (exact) mass is 256 g/mol. The molecule has 0 bridgehead atoms. The molecule has 0 saturated heterocycles. The summed E-state index contributed by atoms with van der Waals surface area (Å²) < 4.78 is 9.68. The Balaban J connectivity index is 2.17. The molecule has 0 heterocycles. The number of esters is 1. The quantitative estimate of drug-likeness (QED) is 0.479. The Morgan fingerprint density at radius 2 is 1.37 bits per heavy atom. The predicted molar refractivity (Wildman–Crippen MR) is 69.9 cm³/mol. The maximum Gasteiger partial charge on any atom is 0.308 e. The van der Waals surface area contributed by atoms with Crippen molar-refractivity contribution in [3.63, 3.8) is 0 Å². The molecule has 0 aromatic heterocycles. The predicted octanol–water partition coefficient (Wildman–Crippen LogP) is 2.81. The van der Waals surface area contributed by atoms with E-state index in [-0.39, 0.29) is 5.97 Å². The summed E-state index contributed by atoms with van der Waals surface area (Å²) in [6.45, 7) is 1.75. The first kappa shape index (κ1) is 12.8. The lowest BCUT2D eigenvalue weighted by atomic mass is 10.1. The van der Waals surface area contributed by atoms with E-state index in [2.05, 4.69) is 0 Å². The Morgan fingerprint density at radius 3 is 1.79 bits per heavy atom. The van der Waals surface area contributed by atoms with Gasteiger partial charge in [-0.15, -0.1) is 0 Å². The van der Waals surface area contributed by atoms with Crippen LogP contribution in [0.4, 0.5) is 0 Å². The van der Waals surface area contributed by atoms with Gasteiger partial charge in [-0.1, -0.05) is 24.3 Å². The molecule has 0 aliphatic heterocycles. The molecular formula is C15H12O4. The van der Waals surface area contributed by atoms with Crippen LogP contribution >= 0.6 is 0 Å². The molecule has 0 amide bonds. The van der Waals surface area contributed by atoms with Gasteiger partial charge in [-0.2, -0.15) is 0 Å². The Kier molecular flexibility index (Phi) is 3.93. The van der Waals surface area contributed by atoms with Gasteiger partial charge in [-0.05, 0) is 35.4 Å². The van der Waals surface area contributed by atoms with Gasteiger partial charge < -0.3 is 9.47 Å². The van der Waals surface area contributed by atoms with Crippen LogP contribution in [-0.4, -0.2) is 12.4 Å². The minimum Gasteiger partial charge on any atom is -0.429 e. The summed E-state index contributed by atoms with van der Waals surface area (Å²) in [6.07, 6.45) is 0. The van der Waals surface area contributed by atoms with Crippen molar-refractivity contribution in [2.75, 3.05) is 0 Å². The van der Waals surface area contributed by atoms with Gasteiger partial charge in [0.25, 0.3) is 6.47 Å². The average molecular weight is 256 g/mol. The Bertz CT molecular complexity index is 570. The first-order valence-corrected chi connectivity index (χ1v) is 5.68. The highest BCUT2D eigenvalue weighted by Crippen LogP contribution is 2.24. The highest BCUT2D eigenvalue weighted by Gasteiger charge is 2.01. The third-order valence-corrected chi connectivity index (χ3v) is 2.49. The van der Waals surface area contributed by atoms with Crippen molar-refractivity contribution in [3.8, 4) is 22.6 Å². The van der Waals surface area contributed by atoms with Gasteiger partial charge in [0, 0.05) is 6.92 Å². The zero-order valence-corrected chi connectivity index (χ0v) is 10.3. The highest BCUT2D eigenvalue weighted by atomic mass is 16.5. The SMILES string of the molecule is CC(=O)Oc1ccc(-c2ccc(OC=O)cc2)cc1. The second-order valence-corrected chi connectivity index (χ2v) is 3.86. The van der Waals surface area contributed by atoms with Gasteiger partial charge >= 0.3 is 5.97 Å². The van der Waals surface area contributed by atoms with E-state index < -0.39 is 0 Å². The van der Waals surface area contributed by atoms with E-state index in [9.17, 15) is 9.59 Å². The number of rotatable bonds is 4. The second kappa shape index (κ2) is 5.82. The molecule has 2 aromatic carbocycles. The van der Waals surface area contributed by atoms with Crippen molar-refractivity contribution in [1.82, 2.24) is 0 Å². The molecule has 0 radical (unpaired) electrons. The zero-order chi connectivity index (χ0) is 13.7. The zero-order valence-electron chi connectivity index (χ0n) is 10.3. The highest BCUT2D eigenvalue weighted by molar-refractivity contribution is 5.70. The molecule has 0 spiro atoms. The lowest BCUT2D eigenvalue weighted by molar-refractivity contribution is -0.131. The lowest BCUT2D eigenvalue weighted by Crippen LogP contribution is -2.00. The van der Waals surface area contributed by atoms with Crippen molar-refractivity contribution in [1.29, 1.82) is 0 Å². The minimum atomic E-state index is -0.344. The fraction of sp³-hybridized carbons (Fsp3) is 0.0667. The molecule has 2 aromatic rings. The van der Waals surface area contributed by atoms with Crippen LogP contribution in [0.25, 0.3) is 11.1 Å². The fourth-order valence-electron chi connectivity index (χ4n) is 1.66. The summed E-state index contributed by atoms with van der Waals surface area (Å²) in [5.74, 6) is 0.663. The molecule has 19 heavy (non-hydrogen) atoms. The van der Waals surface area contributed by atoms with E-state index in [1.165, 1.54) is 6.92 Å². The van der Waals surface area contributed by atoms with Crippen molar-refractivity contribution in [3.05, 3.63) is 48.5 Å². The van der Waals surface area contributed by atoms with Crippen molar-refractivity contribution < 1.29 is 19.1 Å². The van der Waals surface area contributed by atoms with Gasteiger partial charge in [0.1, 0.15) is 11.5 Å². The Morgan fingerprint density at radius 1 is 0.895 bits per heavy atom. The number of hydrogen-bond donors (Lipinski definition) is 0. The molecule has 0 fully saturated rings. The third-order valence-electron chi connectivity index (χ3n) is 2.49. The van der Waals surface area contributed by atoms with Crippen LogP contribution in [-0.2, 0) is 9.59 Å². The number of carbonyl (C=O) groups is 2. The van der Waals surface area contributed by atoms with Crippen LogP contribution in [0.3, 0.4) is 0 Å². The number of hydrogen-bond acceptors (Lipinski definition) is 4. The van der Waals surface area contributed by atoms with Gasteiger partial charge in [0.15, 0.2) is 0 Å². The van der Waals surface area contributed by atoms with Crippen LogP contribution in [0.5, 0.6) is 11.5 Å². The largest absolute Gasteiger partial charge is 0.429 e. The molecular weight excluding hydrogens is 244 g/mol. The summed E-state index contributed by atoms with van der Waals surface area (Å²) >= 11 is 0. The summed E-state index contributed by atoms with van der Waals surface area (Å²) in [4.78, 5) is 21.0. The summed E-state index contributed by atoms with van der Waals surface area (Å²) in [7, 11) is 0. The number of carbonyl (C=O) groups excluding carboxylic acids is 2. The fourth-order valence-corrected chi connectivity index (χ4v) is 1.66. The average Bonchev–Trinajstić information content (AvgIpc) is 2.40. The number of ether oxygens (including phenoxy) is 2. The molecule has 2 rings (SSSR count). The van der Waals surface area contributed by atoms with Crippen molar-refractivity contribution >= 4 is 12.4 Å². The van der Waals surface area contributed by atoms with E-state index in [4.69, 9.17) is 9.47 Å². The second-order valence-electron chi connectivity index (χ2n) is 3.86. The van der Waals surface area contributed by atoms with Crippen LogP contribution in [0.15, 0.2) is 48.5 Å². The first-order chi connectivity index (χ1) is 9.19. The van der Waals surface area contributed by atoms with E-state index in [1.54, 1.807) is 24.3 Å². The molecule has 4 nitrogen and oxygen atoms in total. The lowest BCUT2D eigenvalue weighted by Gasteiger charge is -2.05. The molecule has 0 N–H and O–H groups in total. The Labute approximate surface area is 110 Å². The third kappa shape index (κ3) is 3.42. The number of benzene rings is 2. The molecule has 0 atom stereocenters. The van der Waals surface area contributed by atoms with E-state index >= 15 is 0 Å². The van der Waals surface area contributed by atoms with Crippen molar-refractivity contribution in [2.45, 2.75) is 6.92 Å². The van der Waals surface area contributed by atoms with Gasteiger partial charge in [0.05, 0.1) is 0 Å². The van der Waals surface area contributed by atoms with Crippen LogP contribution in [0.1, 0.15) is 6.92 Å². The first-order valence-electron chi connectivity index (χ1n) is 5.68.